The molecule has 0 spiro atoms. The van der Waals surface area contributed by atoms with E-state index in [-0.39, 0.29) is 6.61 Å². The Morgan fingerprint density at radius 2 is 2.40 bits per heavy atom. The third-order valence-electron chi connectivity index (χ3n) is 3.09. The van der Waals surface area contributed by atoms with E-state index in [1.54, 1.807) is 0 Å². The van der Waals surface area contributed by atoms with Crippen LogP contribution < -0.4 is 5.32 Å². The molecule has 1 aliphatic rings. The fraction of sp³-hybridized carbons (Fsp3) is 0.833. The molecular weight excluding hydrogens is 188 g/mol. The summed E-state index contributed by atoms with van der Waals surface area (Å²) < 4.78 is 0. The van der Waals surface area contributed by atoms with Gasteiger partial charge < -0.3 is 10.4 Å². The zero-order valence-electron chi connectivity index (χ0n) is 9.84. The van der Waals surface area contributed by atoms with E-state index >= 15 is 0 Å². The van der Waals surface area contributed by atoms with Crippen molar-refractivity contribution in [1.82, 2.24) is 10.2 Å². The van der Waals surface area contributed by atoms with Crippen molar-refractivity contribution in [2.75, 3.05) is 39.3 Å². The largest absolute Gasteiger partial charge is 0.395 e. The van der Waals surface area contributed by atoms with Crippen LogP contribution in [0.2, 0.25) is 0 Å². The van der Waals surface area contributed by atoms with Crippen molar-refractivity contribution in [3.05, 3.63) is 12.7 Å². The SMILES string of the molecule is C=CCN(CCO)CC1(C)CCCNC1. The van der Waals surface area contributed by atoms with E-state index in [1.165, 1.54) is 12.8 Å². The van der Waals surface area contributed by atoms with Crippen LogP contribution >= 0.6 is 0 Å². The molecule has 0 saturated carbocycles. The first-order valence-corrected chi connectivity index (χ1v) is 5.85. The van der Waals surface area contributed by atoms with Crippen LogP contribution in [0.1, 0.15) is 19.8 Å². The highest BCUT2D eigenvalue weighted by Crippen LogP contribution is 2.26. The van der Waals surface area contributed by atoms with Gasteiger partial charge in [-0.05, 0) is 24.8 Å². The van der Waals surface area contributed by atoms with Crippen molar-refractivity contribution in [3.8, 4) is 0 Å². The highest BCUT2D eigenvalue weighted by Gasteiger charge is 2.28. The Bertz CT molecular complexity index is 188. The average Bonchev–Trinajstić information content (AvgIpc) is 2.19. The first-order chi connectivity index (χ1) is 7.20. The molecule has 0 aromatic carbocycles. The molecule has 3 heteroatoms. The van der Waals surface area contributed by atoms with Gasteiger partial charge in [-0.1, -0.05) is 13.0 Å². The summed E-state index contributed by atoms with van der Waals surface area (Å²) in [7, 11) is 0. The number of hydrogen-bond donors (Lipinski definition) is 2. The minimum atomic E-state index is 0.233. The van der Waals surface area contributed by atoms with Crippen molar-refractivity contribution in [2.24, 2.45) is 5.41 Å². The Morgan fingerprint density at radius 3 is 2.93 bits per heavy atom. The topological polar surface area (TPSA) is 35.5 Å². The maximum atomic E-state index is 8.99. The second kappa shape index (κ2) is 6.26. The van der Waals surface area contributed by atoms with Crippen LogP contribution in [-0.4, -0.2) is 49.3 Å². The molecule has 0 bridgehead atoms. The minimum Gasteiger partial charge on any atom is -0.395 e. The molecule has 3 nitrogen and oxygen atoms in total. The molecule has 0 amide bonds. The molecule has 1 atom stereocenters. The number of hydrogen-bond acceptors (Lipinski definition) is 3. The Hall–Kier alpha value is -0.380. The summed E-state index contributed by atoms with van der Waals surface area (Å²) in [4.78, 5) is 2.28. The maximum absolute atomic E-state index is 8.99. The van der Waals surface area contributed by atoms with Crippen LogP contribution in [0.5, 0.6) is 0 Å². The van der Waals surface area contributed by atoms with Gasteiger partial charge >= 0.3 is 0 Å². The molecule has 2 N–H and O–H groups in total. The fourth-order valence-electron chi connectivity index (χ4n) is 2.35. The molecule has 1 saturated heterocycles. The summed E-state index contributed by atoms with van der Waals surface area (Å²) in [5.41, 5.74) is 0.358. The summed E-state index contributed by atoms with van der Waals surface area (Å²) in [6.07, 6.45) is 4.45. The maximum Gasteiger partial charge on any atom is 0.0558 e. The van der Waals surface area contributed by atoms with Gasteiger partial charge in [0.15, 0.2) is 0 Å². The van der Waals surface area contributed by atoms with Crippen molar-refractivity contribution in [2.45, 2.75) is 19.8 Å². The monoisotopic (exact) mass is 212 g/mol. The quantitative estimate of drug-likeness (QED) is 0.641. The predicted octanol–water partition coefficient (Wildman–Crippen LogP) is 0.856. The van der Waals surface area contributed by atoms with Gasteiger partial charge in [0.05, 0.1) is 6.61 Å². The van der Waals surface area contributed by atoms with Crippen molar-refractivity contribution in [1.29, 1.82) is 0 Å². The Labute approximate surface area is 93.2 Å². The first-order valence-electron chi connectivity index (χ1n) is 5.85. The number of nitrogens with zero attached hydrogens (tertiary/aromatic N) is 1. The average molecular weight is 212 g/mol. The minimum absolute atomic E-state index is 0.233. The second-order valence-corrected chi connectivity index (χ2v) is 4.84. The van der Waals surface area contributed by atoms with Crippen LogP contribution in [0, 0.1) is 5.41 Å². The molecule has 88 valence electrons. The van der Waals surface area contributed by atoms with Gasteiger partial charge in [0.25, 0.3) is 0 Å². The summed E-state index contributed by atoms with van der Waals surface area (Å²) in [5, 5.41) is 12.4. The molecule has 1 heterocycles. The van der Waals surface area contributed by atoms with Crippen LogP contribution in [0.25, 0.3) is 0 Å². The molecule has 1 aliphatic heterocycles. The highest BCUT2D eigenvalue weighted by atomic mass is 16.3. The molecular formula is C12H24N2O. The van der Waals surface area contributed by atoms with Crippen LogP contribution in [0.15, 0.2) is 12.7 Å². The van der Waals surface area contributed by atoms with Gasteiger partial charge in [-0.3, -0.25) is 4.90 Å². The van der Waals surface area contributed by atoms with Gasteiger partial charge in [-0.25, -0.2) is 0 Å². The molecule has 0 aromatic rings. The number of piperidine rings is 1. The first kappa shape index (κ1) is 12.7. The Morgan fingerprint density at radius 1 is 1.60 bits per heavy atom. The number of rotatable bonds is 6. The second-order valence-electron chi connectivity index (χ2n) is 4.84. The lowest BCUT2D eigenvalue weighted by molar-refractivity contribution is 0.122. The summed E-state index contributed by atoms with van der Waals surface area (Å²) in [6, 6.07) is 0. The van der Waals surface area contributed by atoms with Crippen LogP contribution in [0.4, 0.5) is 0 Å². The van der Waals surface area contributed by atoms with E-state index in [0.29, 0.717) is 5.41 Å². The highest BCUT2D eigenvalue weighted by molar-refractivity contribution is 4.86. The van der Waals surface area contributed by atoms with Crippen molar-refractivity contribution >= 4 is 0 Å². The van der Waals surface area contributed by atoms with Gasteiger partial charge in [0, 0.05) is 26.2 Å². The summed E-state index contributed by atoms with van der Waals surface area (Å²) in [6.45, 7) is 11.2. The number of aliphatic hydroxyl groups excluding tert-OH is 1. The molecule has 0 radical (unpaired) electrons. The molecule has 1 unspecified atom stereocenters. The van der Waals surface area contributed by atoms with Gasteiger partial charge in [0.1, 0.15) is 0 Å². The summed E-state index contributed by atoms with van der Waals surface area (Å²) >= 11 is 0. The van der Waals surface area contributed by atoms with Crippen LogP contribution in [-0.2, 0) is 0 Å². The predicted molar refractivity (Wildman–Crippen MR) is 63.9 cm³/mol. The van der Waals surface area contributed by atoms with E-state index in [1.807, 2.05) is 6.08 Å². The number of nitrogens with one attached hydrogen (secondary N) is 1. The lowest BCUT2D eigenvalue weighted by Crippen LogP contribution is -2.46. The van der Waals surface area contributed by atoms with E-state index in [2.05, 4.69) is 23.7 Å². The van der Waals surface area contributed by atoms with Gasteiger partial charge in [-0.2, -0.15) is 0 Å². The lowest BCUT2D eigenvalue weighted by atomic mass is 9.82. The third kappa shape index (κ3) is 4.33. The van der Waals surface area contributed by atoms with E-state index in [4.69, 9.17) is 5.11 Å². The zero-order chi connectivity index (χ0) is 11.1. The summed E-state index contributed by atoms with van der Waals surface area (Å²) in [5.74, 6) is 0. The van der Waals surface area contributed by atoms with Gasteiger partial charge in [0.2, 0.25) is 0 Å². The van der Waals surface area contributed by atoms with E-state index < -0.39 is 0 Å². The Balaban J connectivity index is 2.43. The van der Waals surface area contributed by atoms with E-state index in [9.17, 15) is 0 Å². The molecule has 0 aromatic heterocycles. The smallest absolute Gasteiger partial charge is 0.0558 e. The third-order valence-corrected chi connectivity index (χ3v) is 3.09. The Kier molecular flexibility index (Phi) is 5.29. The standard InChI is InChI=1S/C12H24N2O/c1-3-7-14(8-9-15)11-12(2)5-4-6-13-10-12/h3,13,15H,1,4-11H2,2H3. The van der Waals surface area contributed by atoms with Crippen molar-refractivity contribution in [3.63, 3.8) is 0 Å². The molecule has 1 rings (SSSR count). The normalized spacial score (nSPS) is 26.9. The fourth-order valence-corrected chi connectivity index (χ4v) is 2.35. The van der Waals surface area contributed by atoms with Crippen molar-refractivity contribution < 1.29 is 5.11 Å². The zero-order valence-corrected chi connectivity index (χ0v) is 9.84. The van der Waals surface area contributed by atoms with Gasteiger partial charge in [-0.15, -0.1) is 6.58 Å². The van der Waals surface area contributed by atoms with Crippen LogP contribution in [0.3, 0.4) is 0 Å². The lowest BCUT2D eigenvalue weighted by Gasteiger charge is -2.38. The number of aliphatic hydroxyl groups is 1. The molecule has 1 fully saturated rings. The molecule has 0 aliphatic carbocycles. The van der Waals surface area contributed by atoms with E-state index in [0.717, 1.165) is 32.7 Å². The molecule has 15 heavy (non-hydrogen) atoms.